The van der Waals surface area contributed by atoms with E-state index in [4.69, 9.17) is 4.74 Å². The van der Waals surface area contributed by atoms with Gasteiger partial charge in [-0.3, -0.25) is 4.98 Å². The molecule has 1 radical (unpaired) electrons. The van der Waals surface area contributed by atoms with Crippen LogP contribution in [0.15, 0.2) is 72.9 Å². The van der Waals surface area contributed by atoms with E-state index in [1.807, 2.05) is 66.7 Å². The number of ether oxygens (including phenoxy) is 1. The van der Waals surface area contributed by atoms with Crippen molar-refractivity contribution in [3.05, 3.63) is 79.1 Å². The summed E-state index contributed by atoms with van der Waals surface area (Å²) in [5.41, 5.74) is 1.91. The van der Waals surface area contributed by atoms with Crippen molar-refractivity contribution in [1.82, 2.24) is 4.98 Å². The highest BCUT2D eigenvalue weighted by molar-refractivity contribution is 5.69. The molecule has 0 unspecified atom stereocenters. The number of nitrogens with zero attached hydrogens (tertiary/aromatic N) is 1. The van der Waals surface area contributed by atoms with Crippen LogP contribution in [-0.4, -0.2) is 4.98 Å². The molecule has 0 spiro atoms. The molecule has 0 saturated carbocycles. The molecule has 91 valence electrons. The first kappa shape index (κ1) is 11.5. The predicted molar refractivity (Wildman–Crippen MR) is 75.0 cm³/mol. The van der Waals surface area contributed by atoms with Gasteiger partial charge in [-0.2, -0.15) is 0 Å². The number of hydrogen-bond acceptors (Lipinski definition) is 2. The molecule has 3 rings (SSSR count). The van der Waals surface area contributed by atoms with Crippen LogP contribution < -0.4 is 4.74 Å². The topological polar surface area (TPSA) is 22.1 Å². The summed E-state index contributed by atoms with van der Waals surface area (Å²) in [6.07, 6.45) is 4.69. The number of benzene rings is 2. The van der Waals surface area contributed by atoms with Crippen molar-refractivity contribution >= 4 is 0 Å². The van der Waals surface area contributed by atoms with Crippen LogP contribution in [0.1, 0.15) is 0 Å². The smallest absolute Gasteiger partial charge is 0.135 e. The Balaban J connectivity index is 1.99. The van der Waals surface area contributed by atoms with Gasteiger partial charge < -0.3 is 4.74 Å². The van der Waals surface area contributed by atoms with E-state index < -0.39 is 0 Å². The Morgan fingerprint density at radius 3 is 2.37 bits per heavy atom. The third-order valence-electron chi connectivity index (χ3n) is 2.76. The second-order valence-corrected chi connectivity index (χ2v) is 4.07. The van der Waals surface area contributed by atoms with E-state index in [1.54, 1.807) is 6.20 Å². The molecule has 1 heterocycles. The van der Waals surface area contributed by atoms with E-state index >= 15 is 0 Å². The normalized spacial score (nSPS) is 10.1. The molecule has 1 aromatic heterocycles. The van der Waals surface area contributed by atoms with Gasteiger partial charge in [0.25, 0.3) is 0 Å². The Morgan fingerprint density at radius 2 is 1.58 bits per heavy atom. The standard InChI is InChI=1S/C17H12NO/c1-2-8-15(9-3-1)19-17-11-5-4-10-16(17)14-7-6-12-18-13-14/h1-12H. The van der Waals surface area contributed by atoms with Gasteiger partial charge in [-0.1, -0.05) is 42.5 Å². The van der Waals surface area contributed by atoms with Crippen molar-refractivity contribution in [2.45, 2.75) is 0 Å². The van der Waals surface area contributed by atoms with Gasteiger partial charge in [-0.15, -0.1) is 0 Å². The van der Waals surface area contributed by atoms with Crippen LogP contribution in [0.5, 0.6) is 11.5 Å². The molecule has 2 aromatic carbocycles. The first-order valence-corrected chi connectivity index (χ1v) is 6.08. The summed E-state index contributed by atoms with van der Waals surface area (Å²) in [6.45, 7) is 0. The van der Waals surface area contributed by atoms with Crippen LogP contribution >= 0.6 is 0 Å². The third kappa shape index (κ3) is 2.63. The zero-order valence-electron chi connectivity index (χ0n) is 10.3. The molecule has 0 aliphatic rings. The Labute approximate surface area is 112 Å². The monoisotopic (exact) mass is 246 g/mol. The summed E-state index contributed by atoms with van der Waals surface area (Å²) in [5, 5.41) is 0. The maximum Gasteiger partial charge on any atom is 0.135 e. The molecule has 0 atom stereocenters. The largest absolute Gasteiger partial charge is 0.457 e. The Bertz CT molecular complexity index is 650. The van der Waals surface area contributed by atoms with Gasteiger partial charge in [-0.25, -0.2) is 0 Å². The van der Waals surface area contributed by atoms with Gasteiger partial charge in [0, 0.05) is 17.3 Å². The highest BCUT2D eigenvalue weighted by Crippen LogP contribution is 2.32. The predicted octanol–water partition coefficient (Wildman–Crippen LogP) is 4.34. The molecule has 2 heteroatoms. The lowest BCUT2D eigenvalue weighted by atomic mass is 10.1. The van der Waals surface area contributed by atoms with E-state index in [0.29, 0.717) is 0 Å². The highest BCUT2D eigenvalue weighted by atomic mass is 16.5. The van der Waals surface area contributed by atoms with Crippen LogP contribution in [0.25, 0.3) is 11.1 Å². The first-order chi connectivity index (χ1) is 9.43. The van der Waals surface area contributed by atoms with Gasteiger partial charge in [0.15, 0.2) is 0 Å². The maximum atomic E-state index is 5.92. The number of para-hydroxylation sites is 2. The summed E-state index contributed by atoms with van der Waals surface area (Å²) in [7, 11) is 0. The second-order valence-electron chi connectivity index (χ2n) is 4.07. The third-order valence-corrected chi connectivity index (χ3v) is 2.76. The molecule has 0 amide bonds. The molecule has 3 aromatic rings. The average molecular weight is 246 g/mol. The molecular weight excluding hydrogens is 234 g/mol. The molecule has 2 nitrogen and oxygen atoms in total. The lowest BCUT2D eigenvalue weighted by Gasteiger charge is -2.10. The minimum atomic E-state index is 0.804. The summed E-state index contributed by atoms with van der Waals surface area (Å²) in [4.78, 5) is 4.03. The van der Waals surface area contributed by atoms with E-state index in [-0.39, 0.29) is 0 Å². The summed E-state index contributed by atoms with van der Waals surface area (Å²) >= 11 is 0. The van der Waals surface area contributed by atoms with Gasteiger partial charge in [-0.05, 0) is 24.3 Å². The molecule has 0 bridgehead atoms. The van der Waals surface area contributed by atoms with Gasteiger partial charge >= 0.3 is 0 Å². The highest BCUT2D eigenvalue weighted by Gasteiger charge is 2.06. The molecule has 0 aliphatic carbocycles. The fraction of sp³-hybridized carbons (Fsp3) is 0. The van der Waals surface area contributed by atoms with Crippen molar-refractivity contribution in [2.24, 2.45) is 0 Å². The van der Waals surface area contributed by atoms with Gasteiger partial charge in [0.2, 0.25) is 0 Å². The van der Waals surface area contributed by atoms with E-state index in [1.165, 1.54) is 0 Å². The molecule has 0 fully saturated rings. The Morgan fingerprint density at radius 1 is 0.789 bits per heavy atom. The zero-order valence-corrected chi connectivity index (χ0v) is 10.3. The average Bonchev–Trinajstić information content (AvgIpc) is 2.50. The number of aromatic nitrogens is 1. The summed E-state index contributed by atoms with van der Waals surface area (Å²) in [5.74, 6) is 1.62. The fourth-order valence-corrected chi connectivity index (χ4v) is 1.87. The Hall–Kier alpha value is -2.61. The van der Waals surface area contributed by atoms with Crippen LogP contribution in [0.3, 0.4) is 0 Å². The molecule has 0 saturated heterocycles. The zero-order chi connectivity index (χ0) is 12.9. The van der Waals surface area contributed by atoms with Crippen LogP contribution in [0, 0.1) is 6.20 Å². The first-order valence-electron chi connectivity index (χ1n) is 6.08. The lowest BCUT2D eigenvalue weighted by Crippen LogP contribution is -1.88. The van der Waals surface area contributed by atoms with Crippen molar-refractivity contribution in [3.8, 4) is 22.6 Å². The van der Waals surface area contributed by atoms with Crippen molar-refractivity contribution in [2.75, 3.05) is 0 Å². The second kappa shape index (κ2) is 5.36. The van der Waals surface area contributed by atoms with E-state index in [0.717, 1.165) is 22.6 Å². The number of hydrogen-bond donors (Lipinski definition) is 0. The molecule has 0 N–H and O–H groups in total. The molecule has 0 aliphatic heterocycles. The molecular formula is C17H12NO. The lowest BCUT2D eigenvalue weighted by molar-refractivity contribution is 0.484. The van der Waals surface area contributed by atoms with Crippen LogP contribution in [0.2, 0.25) is 0 Å². The van der Waals surface area contributed by atoms with E-state index in [2.05, 4.69) is 11.2 Å². The number of rotatable bonds is 3. The van der Waals surface area contributed by atoms with Crippen molar-refractivity contribution in [3.63, 3.8) is 0 Å². The summed E-state index contributed by atoms with van der Waals surface area (Å²) in [6, 6.07) is 21.5. The quantitative estimate of drug-likeness (QED) is 0.685. The molecule has 19 heavy (non-hydrogen) atoms. The SMILES string of the molecule is [c]1ncccc1-c1ccccc1Oc1ccccc1. The summed E-state index contributed by atoms with van der Waals surface area (Å²) < 4.78 is 5.92. The van der Waals surface area contributed by atoms with Crippen LogP contribution in [-0.2, 0) is 0 Å². The minimum Gasteiger partial charge on any atom is -0.457 e. The number of pyridine rings is 1. The fourth-order valence-electron chi connectivity index (χ4n) is 1.87. The van der Waals surface area contributed by atoms with Gasteiger partial charge in [0.1, 0.15) is 11.5 Å². The van der Waals surface area contributed by atoms with Crippen molar-refractivity contribution in [1.29, 1.82) is 0 Å². The van der Waals surface area contributed by atoms with Crippen LogP contribution in [0.4, 0.5) is 0 Å². The Kier molecular flexibility index (Phi) is 3.24. The maximum absolute atomic E-state index is 5.92. The van der Waals surface area contributed by atoms with Gasteiger partial charge in [0.05, 0.1) is 6.20 Å². The minimum absolute atomic E-state index is 0.804. The van der Waals surface area contributed by atoms with E-state index in [9.17, 15) is 0 Å². The van der Waals surface area contributed by atoms with Crippen molar-refractivity contribution < 1.29 is 4.74 Å².